The average Bonchev–Trinajstić information content (AvgIpc) is 2.40. The monoisotopic (exact) mass is 250 g/mol. The molecule has 18 heavy (non-hydrogen) atoms. The van der Waals surface area contributed by atoms with Crippen LogP contribution in [0.15, 0.2) is 24.3 Å². The van der Waals surface area contributed by atoms with E-state index in [-0.39, 0.29) is 5.91 Å². The number of ether oxygens (including phenoxy) is 1. The Morgan fingerprint density at radius 1 is 1.28 bits per heavy atom. The molecule has 1 rings (SSSR count). The molecule has 0 atom stereocenters. The topological polar surface area (TPSA) is 50.4 Å². The number of unbranched alkanes of at least 4 members (excludes halogenated alkanes) is 1. The van der Waals surface area contributed by atoms with Crippen molar-refractivity contribution in [1.82, 2.24) is 10.6 Å². The van der Waals surface area contributed by atoms with Gasteiger partial charge in [-0.3, -0.25) is 4.79 Å². The molecule has 0 radical (unpaired) electrons. The van der Waals surface area contributed by atoms with Crippen LogP contribution in [-0.2, 0) is 0 Å². The van der Waals surface area contributed by atoms with Crippen molar-refractivity contribution in [2.24, 2.45) is 0 Å². The van der Waals surface area contributed by atoms with Crippen LogP contribution in [0.25, 0.3) is 0 Å². The van der Waals surface area contributed by atoms with Crippen molar-refractivity contribution < 1.29 is 9.53 Å². The van der Waals surface area contributed by atoms with Gasteiger partial charge >= 0.3 is 0 Å². The minimum absolute atomic E-state index is 0.0858. The predicted octanol–water partition coefficient (Wildman–Crippen LogP) is 1.81. The zero-order chi connectivity index (χ0) is 13.2. The van der Waals surface area contributed by atoms with Crippen LogP contribution >= 0.6 is 0 Å². The molecule has 1 amide bonds. The number of nitrogens with one attached hydrogen (secondary N) is 2. The molecular weight excluding hydrogens is 228 g/mol. The third-order valence-electron chi connectivity index (χ3n) is 2.55. The Kier molecular flexibility index (Phi) is 6.87. The summed E-state index contributed by atoms with van der Waals surface area (Å²) in [5, 5.41) is 5.83. The second-order valence-electron chi connectivity index (χ2n) is 4.06. The fraction of sp³-hybridized carbons (Fsp3) is 0.500. The zero-order valence-electron chi connectivity index (χ0n) is 11.2. The van der Waals surface area contributed by atoms with Gasteiger partial charge in [-0.2, -0.15) is 0 Å². The Bertz CT molecular complexity index is 367. The quantitative estimate of drug-likeness (QED) is 0.692. The van der Waals surface area contributed by atoms with E-state index in [1.165, 1.54) is 0 Å². The number of likely N-dealkylation sites (N-methyl/N-ethyl adjacent to an activating group) is 1. The van der Waals surface area contributed by atoms with Crippen molar-refractivity contribution in [2.45, 2.75) is 19.8 Å². The van der Waals surface area contributed by atoms with Gasteiger partial charge in [0.15, 0.2) is 0 Å². The Morgan fingerprint density at radius 2 is 2.06 bits per heavy atom. The summed E-state index contributed by atoms with van der Waals surface area (Å²) in [6.45, 7) is 4.13. The highest BCUT2D eigenvalue weighted by Crippen LogP contribution is 2.18. The predicted molar refractivity (Wildman–Crippen MR) is 73.1 cm³/mol. The molecule has 0 bridgehead atoms. The molecule has 0 unspecified atom stereocenters. The Labute approximate surface area is 109 Å². The molecular formula is C14H22N2O2. The van der Waals surface area contributed by atoms with E-state index in [1.54, 1.807) is 6.07 Å². The van der Waals surface area contributed by atoms with E-state index in [1.807, 2.05) is 25.2 Å². The third kappa shape index (κ3) is 4.75. The first-order valence-electron chi connectivity index (χ1n) is 6.44. The van der Waals surface area contributed by atoms with Crippen LogP contribution in [0.5, 0.6) is 5.75 Å². The van der Waals surface area contributed by atoms with Crippen LogP contribution in [-0.4, -0.2) is 32.7 Å². The first kappa shape index (κ1) is 14.5. The summed E-state index contributed by atoms with van der Waals surface area (Å²) in [6, 6.07) is 7.35. The number of hydrogen-bond donors (Lipinski definition) is 2. The fourth-order valence-electron chi connectivity index (χ4n) is 1.50. The van der Waals surface area contributed by atoms with E-state index in [2.05, 4.69) is 17.6 Å². The van der Waals surface area contributed by atoms with Crippen LogP contribution < -0.4 is 15.4 Å². The highest BCUT2D eigenvalue weighted by Gasteiger charge is 2.10. The summed E-state index contributed by atoms with van der Waals surface area (Å²) in [5.74, 6) is 0.574. The summed E-state index contributed by atoms with van der Waals surface area (Å²) in [6.07, 6.45) is 2.08. The number of amides is 1. The molecule has 0 aliphatic heterocycles. The van der Waals surface area contributed by atoms with Gasteiger partial charge in [0.1, 0.15) is 5.75 Å². The lowest BCUT2D eigenvalue weighted by Crippen LogP contribution is -2.30. The summed E-state index contributed by atoms with van der Waals surface area (Å²) < 4.78 is 5.63. The first-order valence-corrected chi connectivity index (χ1v) is 6.44. The number of benzene rings is 1. The molecule has 0 saturated heterocycles. The van der Waals surface area contributed by atoms with E-state index in [9.17, 15) is 4.79 Å². The van der Waals surface area contributed by atoms with E-state index >= 15 is 0 Å². The third-order valence-corrected chi connectivity index (χ3v) is 2.55. The number of hydrogen-bond acceptors (Lipinski definition) is 3. The van der Waals surface area contributed by atoms with Gasteiger partial charge in [-0.15, -0.1) is 0 Å². The molecule has 1 aromatic carbocycles. The number of rotatable bonds is 8. The number of para-hydroxylation sites is 1. The highest BCUT2D eigenvalue weighted by atomic mass is 16.5. The highest BCUT2D eigenvalue weighted by molar-refractivity contribution is 5.96. The van der Waals surface area contributed by atoms with Crippen molar-refractivity contribution >= 4 is 5.91 Å². The summed E-state index contributed by atoms with van der Waals surface area (Å²) >= 11 is 0. The minimum Gasteiger partial charge on any atom is -0.493 e. The molecule has 4 heteroatoms. The summed E-state index contributed by atoms with van der Waals surface area (Å²) in [5.41, 5.74) is 0.602. The molecule has 100 valence electrons. The maximum atomic E-state index is 12.0. The molecule has 0 aliphatic carbocycles. The van der Waals surface area contributed by atoms with E-state index in [0.717, 1.165) is 19.4 Å². The van der Waals surface area contributed by atoms with Gasteiger partial charge in [0.05, 0.1) is 12.2 Å². The van der Waals surface area contributed by atoms with Crippen LogP contribution in [0.3, 0.4) is 0 Å². The summed E-state index contributed by atoms with van der Waals surface area (Å²) in [7, 11) is 1.86. The smallest absolute Gasteiger partial charge is 0.255 e. The van der Waals surface area contributed by atoms with E-state index < -0.39 is 0 Å². The van der Waals surface area contributed by atoms with Crippen molar-refractivity contribution in [1.29, 1.82) is 0 Å². The van der Waals surface area contributed by atoms with Crippen molar-refractivity contribution in [3.05, 3.63) is 29.8 Å². The van der Waals surface area contributed by atoms with Crippen LogP contribution in [0.1, 0.15) is 30.1 Å². The molecule has 0 heterocycles. The number of carbonyl (C=O) groups excluding carboxylic acids is 1. The van der Waals surface area contributed by atoms with Crippen LogP contribution in [0.2, 0.25) is 0 Å². The second kappa shape index (κ2) is 8.53. The molecule has 0 saturated carbocycles. The van der Waals surface area contributed by atoms with Gasteiger partial charge < -0.3 is 15.4 Å². The SMILES string of the molecule is CCCCOc1ccccc1C(=O)NCCNC. The van der Waals surface area contributed by atoms with E-state index in [0.29, 0.717) is 24.5 Å². The van der Waals surface area contributed by atoms with Gasteiger partial charge in [0, 0.05) is 13.1 Å². The Morgan fingerprint density at radius 3 is 2.78 bits per heavy atom. The Hall–Kier alpha value is -1.55. The molecule has 0 aliphatic rings. The molecule has 1 aromatic rings. The maximum absolute atomic E-state index is 12.0. The van der Waals surface area contributed by atoms with Crippen molar-refractivity contribution in [3.8, 4) is 5.75 Å². The molecule has 2 N–H and O–H groups in total. The molecule has 0 aromatic heterocycles. The van der Waals surface area contributed by atoms with Crippen LogP contribution in [0.4, 0.5) is 0 Å². The van der Waals surface area contributed by atoms with Gasteiger partial charge in [-0.25, -0.2) is 0 Å². The van der Waals surface area contributed by atoms with Gasteiger partial charge in [-0.1, -0.05) is 25.5 Å². The standard InChI is InChI=1S/C14H22N2O2/c1-3-4-11-18-13-8-6-5-7-12(13)14(17)16-10-9-15-2/h5-8,15H,3-4,9-11H2,1-2H3,(H,16,17). The fourth-order valence-corrected chi connectivity index (χ4v) is 1.50. The lowest BCUT2D eigenvalue weighted by atomic mass is 10.2. The van der Waals surface area contributed by atoms with Crippen molar-refractivity contribution in [3.63, 3.8) is 0 Å². The Balaban J connectivity index is 2.59. The van der Waals surface area contributed by atoms with Gasteiger partial charge in [0.2, 0.25) is 0 Å². The summed E-state index contributed by atoms with van der Waals surface area (Å²) in [4.78, 5) is 12.0. The van der Waals surface area contributed by atoms with Crippen LogP contribution in [0, 0.1) is 0 Å². The van der Waals surface area contributed by atoms with Crippen molar-refractivity contribution in [2.75, 3.05) is 26.7 Å². The van der Waals surface area contributed by atoms with Gasteiger partial charge in [0.25, 0.3) is 5.91 Å². The zero-order valence-corrected chi connectivity index (χ0v) is 11.2. The van der Waals surface area contributed by atoms with E-state index in [4.69, 9.17) is 4.74 Å². The molecule has 0 fully saturated rings. The first-order chi connectivity index (χ1) is 8.79. The average molecular weight is 250 g/mol. The maximum Gasteiger partial charge on any atom is 0.255 e. The minimum atomic E-state index is -0.0858. The number of carbonyl (C=O) groups is 1. The second-order valence-corrected chi connectivity index (χ2v) is 4.06. The van der Waals surface area contributed by atoms with Gasteiger partial charge in [-0.05, 0) is 25.6 Å². The molecule has 0 spiro atoms. The molecule has 4 nitrogen and oxygen atoms in total. The normalized spacial score (nSPS) is 10.1. The lowest BCUT2D eigenvalue weighted by Gasteiger charge is -2.11. The largest absolute Gasteiger partial charge is 0.493 e. The lowest BCUT2D eigenvalue weighted by molar-refractivity contribution is 0.0950.